The van der Waals surface area contributed by atoms with Crippen molar-refractivity contribution >= 4 is 11.9 Å². The summed E-state index contributed by atoms with van der Waals surface area (Å²) in [6, 6.07) is -0.614. The average molecular weight is 227 g/mol. The minimum Gasteiger partial charge on any atom is -0.458 e. The Labute approximate surface area is 97.1 Å². The van der Waals surface area contributed by atoms with Crippen LogP contribution in [0.2, 0.25) is 0 Å². The molecule has 1 atom stereocenters. The van der Waals surface area contributed by atoms with Crippen LogP contribution in [0.15, 0.2) is 12.7 Å². The number of amides is 1. The zero-order valence-corrected chi connectivity index (χ0v) is 10.5. The summed E-state index contributed by atoms with van der Waals surface area (Å²) in [5, 5.41) is 2.58. The van der Waals surface area contributed by atoms with Crippen molar-refractivity contribution in [3.8, 4) is 0 Å². The first kappa shape index (κ1) is 14.7. The first-order chi connectivity index (χ1) is 7.26. The maximum atomic E-state index is 11.5. The summed E-state index contributed by atoms with van der Waals surface area (Å²) < 4.78 is 5.13. The molecule has 16 heavy (non-hydrogen) atoms. The molecule has 0 unspecified atom stereocenters. The Morgan fingerprint density at radius 1 is 1.44 bits per heavy atom. The lowest BCUT2D eigenvalue weighted by Crippen LogP contribution is -2.42. The van der Waals surface area contributed by atoms with E-state index in [4.69, 9.17) is 4.74 Å². The fourth-order valence-corrected chi connectivity index (χ4v) is 0.996. The number of esters is 1. The predicted octanol–water partition coefficient (Wildman–Crippen LogP) is 1.80. The molecule has 1 amide bonds. The monoisotopic (exact) mass is 227 g/mol. The van der Waals surface area contributed by atoms with Crippen molar-refractivity contribution in [2.24, 2.45) is 0 Å². The van der Waals surface area contributed by atoms with Crippen LogP contribution in [0.1, 0.15) is 40.5 Å². The van der Waals surface area contributed by atoms with Crippen LogP contribution < -0.4 is 5.32 Å². The summed E-state index contributed by atoms with van der Waals surface area (Å²) >= 11 is 0. The molecule has 4 nitrogen and oxygen atoms in total. The van der Waals surface area contributed by atoms with Gasteiger partial charge < -0.3 is 10.1 Å². The van der Waals surface area contributed by atoms with Crippen molar-refractivity contribution in [1.29, 1.82) is 0 Å². The molecule has 92 valence electrons. The highest BCUT2D eigenvalue weighted by molar-refractivity contribution is 5.84. The standard InChI is InChI=1S/C12H21NO3/c1-6-7-8-10(14)13-9(2)11(15)16-12(3,4)5/h6,9H,1,7-8H2,2-5H3,(H,13,14)/t9-/m0/s1. The van der Waals surface area contributed by atoms with Gasteiger partial charge in [0.25, 0.3) is 0 Å². The molecule has 4 heteroatoms. The van der Waals surface area contributed by atoms with Crippen LogP contribution in [0.4, 0.5) is 0 Å². The van der Waals surface area contributed by atoms with Crippen LogP contribution >= 0.6 is 0 Å². The summed E-state index contributed by atoms with van der Waals surface area (Å²) in [5.41, 5.74) is -0.531. The maximum Gasteiger partial charge on any atom is 0.328 e. The van der Waals surface area contributed by atoms with E-state index in [9.17, 15) is 9.59 Å². The highest BCUT2D eigenvalue weighted by atomic mass is 16.6. The second-order valence-electron chi connectivity index (χ2n) is 4.65. The highest BCUT2D eigenvalue weighted by Crippen LogP contribution is 2.08. The number of nitrogens with one attached hydrogen (secondary N) is 1. The molecular formula is C12H21NO3. The van der Waals surface area contributed by atoms with Crippen LogP contribution in [0.25, 0.3) is 0 Å². The Balaban J connectivity index is 4.05. The Kier molecular flexibility index (Phi) is 5.78. The van der Waals surface area contributed by atoms with Crippen LogP contribution in [0.5, 0.6) is 0 Å². The Morgan fingerprint density at radius 2 is 2.00 bits per heavy atom. The van der Waals surface area contributed by atoms with E-state index in [1.165, 1.54) is 0 Å². The number of hydrogen-bond acceptors (Lipinski definition) is 3. The zero-order chi connectivity index (χ0) is 12.8. The largest absolute Gasteiger partial charge is 0.458 e. The van der Waals surface area contributed by atoms with Gasteiger partial charge in [-0.15, -0.1) is 6.58 Å². The molecule has 0 heterocycles. The number of hydrogen-bond donors (Lipinski definition) is 1. The highest BCUT2D eigenvalue weighted by Gasteiger charge is 2.22. The van der Waals surface area contributed by atoms with Gasteiger partial charge in [0.05, 0.1) is 0 Å². The molecule has 0 saturated heterocycles. The predicted molar refractivity (Wildman–Crippen MR) is 62.9 cm³/mol. The molecular weight excluding hydrogens is 206 g/mol. The van der Waals surface area contributed by atoms with Crippen molar-refractivity contribution in [2.45, 2.75) is 52.2 Å². The number of ether oxygens (including phenoxy) is 1. The first-order valence-corrected chi connectivity index (χ1v) is 5.39. The normalized spacial score (nSPS) is 12.8. The van der Waals surface area contributed by atoms with Gasteiger partial charge in [-0.1, -0.05) is 6.08 Å². The van der Waals surface area contributed by atoms with Crippen molar-refractivity contribution in [3.63, 3.8) is 0 Å². The first-order valence-electron chi connectivity index (χ1n) is 5.39. The van der Waals surface area contributed by atoms with E-state index in [1.807, 2.05) is 0 Å². The molecule has 0 aromatic carbocycles. The van der Waals surface area contributed by atoms with Crippen LogP contribution in [0.3, 0.4) is 0 Å². The third kappa shape index (κ3) is 7.04. The number of carbonyl (C=O) groups excluding carboxylic acids is 2. The molecule has 1 N–H and O–H groups in total. The molecule has 0 aliphatic rings. The van der Waals surface area contributed by atoms with Crippen molar-refractivity contribution in [2.75, 3.05) is 0 Å². The third-order valence-corrected chi connectivity index (χ3v) is 1.71. The van der Waals surface area contributed by atoms with Gasteiger partial charge in [-0.05, 0) is 34.1 Å². The van der Waals surface area contributed by atoms with Crippen molar-refractivity contribution in [1.82, 2.24) is 5.32 Å². The van der Waals surface area contributed by atoms with Crippen molar-refractivity contribution < 1.29 is 14.3 Å². The van der Waals surface area contributed by atoms with Gasteiger partial charge in [-0.3, -0.25) is 4.79 Å². The average Bonchev–Trinajstić information content (AvgIpc) is 2.11. The fourth-order valence-electron chi connectivity index (χ4n) is 0.996. The molecule has 0 aliphatic carbocycles. The third-order valence-electron chi connectivity index (χ3n) is 1.71. The molecule has 0 saturated carbocycles. The van der Waals surface area contributed by atoms with Gasteiger partial charge in [0.1, 0.15) is 11.6 Å². The van der Waals surface area contributed by atoms with Gasteiger partial charge in [0, 0.05) is 6.42 Å². The molecule has 0 radical (unpaired) electrons. The van der Waals surface area contributed by atoms with Gasteiger partial charge >= 0.3 is 5.97 Å². The minimum atomic E-state index is -0.614. The topological polar surface area (TPSA) is 55.4 Å². The molecule has 0 bridgehead atoms. The quantitative estimate of drug-likeness (QED) is 0.575. The van der Waals surface area contributed by atoms with Gasteiger partial charge in [0.2, 0.25) is 5.91 Å². The van der Waals surface area contributed by atoms with Gasteiger partial charge in [0.15, 0.2) is 0 Å². The summed E-state index contributed by atoms with van der Waals surface area (Å²) in [6.45, 7) is 10.5. The Morgan fingerprint density at radius 3 is 2.44 bits per heavy atom. The molecule has 0 rings (SSSR count). The van der Waals surface area contributed by atoms with E-state index in [-0.39, 0.29) is 5.91 Å². The molecule has 0 spiro atoms. The number of rotatable bonds is 5. The van der Waals surface area contributed by atoms with E-state index in [0.29, 0.717) is 12.8 Å². The van der Waals surface area contributed by atoms with E-state index in [2.05, 4.69) is 11.9 Å². The lowest BCUT2D eigenvalue weighted by atomic mass is 10.2. The molecule has 0 fully saturated rings. The lowest BCUT2D eigenvalue weighted by molar-refractivity contribution is -0.158. The minimum absolute atomic E-state index is 0.168. The van der Waals surface area contributed by atoms with E-state index < -0.39 is 17.6 Å². The van der Waals surface area contributed by atoms with Gasteiger partial charge in [-0.25, -0.2) is 4.79 Å². The zero-order valence-electron chi connectivity index (χ0n) is 10.5. The smallest absolute Gasteiger partial charge is 0.328 e. The molecule has 0 aliphatic heterocycles. The second-order valence-corrected chi connectivity index (χ2v) is 4.65. The number of allylic oxidation sites excluding steroid dienone is 1. The maximum absolute atomic E-state index is 11.5. The van der Waals surface area contributed by atoms with Crippen molar-refractivity contribution in [3.05, 3.63) is 12.7 Å². The molecule has 0 aromatic rings. The summed E-state index contributed by atoms with van der Waals surface area (Å²) in [7, 11) is 0. The summed E-state index contributed by atoms with van der Waals surface area (Å²) in [4.78, 5) is 22.8. The van der Waals surface area contributed by atoms with E-state index in [1.54, 1.807) is 33.8 Å². The summed E-state index contributed by atoms with van der Waals surface area (Å²) in [5.74, 6) is -0.585. The van der Waals surface area contributed by atoms with Crippen LogP contribution in [-0.2, 0) is 14.3 Å². The van der Waals surface area contributed by atoms with Gasteiger partial charge in [-0.2, -0.15) is 0 Å². The van der Waals surface area contributed by atoms with E-state index >= 15 is 0 Å². The SMILES string of the molecule is C=CCCC(=O)N[C@@H](C)C(=O)OC(C)(C)C. The lowest BCUT2D eigenvalue weighted by Gasteiger charge is -2.22. The Hall–Kier alpha value is -1.32. The van der Waals surface area contributed by atoms with E-state index in [0.717, 1.165) is 0 Å². The molecule has 0 aromatic heterocycles. The van der Waals surface area contributed by atoms with Crippen LogP contribution in [-0.4, -0.2) is 23.5 Å². The van der Waals surface area contributed by atoms with Crippen LogP contribution in [0, 0.1) is 0 Å². The second kappa shape index (κ2) is 6.30. The fraction of sp³-hybridized carbons (Fsp3) is 0.667. The number of carbonyl (C=O) groups is 2. The summed E-state index contributed by atoms with van der Waals surface area (Å²) in [6.07, 6.45) is 2.61. The Bertz CT molecular complexity index is 266.